The van der Waals surface area contributed by atoms with Crippen molar-refractivity contribution in [3.8, 4) is 0 Å². The molecule has 0 saturated heterocycles. The summed E-state index contributed by atoms with van der Waals surface area (Å²) in [6.07, 6.45) is 1.80. The number of aromatic nitrogens is 3. The van der Waals surface area contributed by atoms with E-state index in [0.29, 0.717) is 10.8 Å². The molecule has 1 aromatic heterocycles. The van der Waals surface area contributed by atoms with Crippen LogP contribution < -0.4 is 4.90 Å². The van der Waals surface area contributed by atoms with E-state index in [1.165, 1.54) is 0 Å². The first-order valence-electron chi connectivity index (χ1n) is 5.66. The van der Waals surface area contributed by atoms with E-state index >= 15 is 0 Å². The fourth-order valence-electron chi connectivity index (χ4n) is 1.55. The molecule has 0 amide bonds. The first kappa shape index (κ1) is 13.4. The largest absolute Gasteiger partial charge is 0.341 e. The number of nitrogens with zero attached hydrogens (tertiary/aromatic N) is 4. The first-order valence-corrected chi connectivity index (χ1v) is 6.57. The maximum Gasteiger partial charge on any atom is 0.245 e. The molecule has 0 bridgehead atoms. The maximum atomic E-state index is 4.55. The van der Waals surface area contributed by atoms with Gasteiger partial charge in [0.05, 0.1) is 11.4 Å². The van der Waals surface area contributed by atoms with E-state index in [1.54, 1.807) is 0 Å². The smallest absolute Gasteiger partial charge is 0.245 e. The maximum absolute atomic E-state index is 4.55. The quantitative estimate of drug-likeness (QED) is 0.779. The Kier molecular flexibility index (Phi) is 5.12. The molecule has 0 aromatic carbocycles. The molecule has 1 unspecified atom stereocenters. The average Bonchev–Trinajstić information content (AvgIpc) is 2.27. The van der Waals surface area contributed by atoms with Crippen molar-refractivity contribution in [2.24, 2.45) is 0 Å². The van der Waals surface area contributed by atoms with E-state index in [-0.39, 0.29) is 0 Å². The molecule has 0 aliphatic carbocycles. The Hall–Kier alpha value is -0.710. The summed E-state index contributed by atoms with van der Waals surface area (Å²) in [6, 6.07) is 0. The molecule has 1 rings (SSSR count). The number of rotatable bonds is 5. The molecular formula is C11H19BrN4. The minimum absolute atomic E-state index is 0.414. The molecule has 0 fully saturated rings. The number of hydrogen-bond acceptors (Lipinski definition) is 4. The van der Waals surface area contributed by atoms with Gasteiger partial charge < -0.3 is 4.90 Å². The molecule has 0 aliphatic rings. The highest BCUT2D eigenvalue weighted by Gasteiger charge is 2.11. The molecule has 16 heavy (non-hydrogen) atoms. The summed E-state index contributed by atoms with van der Waals surface area (Å²) in [5, 5.41) is 8.38. The van der Waals surface area contributed by atoms with Gasteiger partial charge >= 0.3 is 0 Å². The topological polar surface area (TPSA) is 41.9 Å². The van der Waals surface area contributed by atoms with Crippen molar-refractivity contribution in [1.82, 2.24) is 15.2 Å². The van der Waals surface area contributed by atoms with Crippen molar-refractivity contribution in [1.29, 1.82) is 0 Å². The first-order chi connectivity index (χ1) is 7.58. The highest BCUT2D eigenvalue weighted by atomic mass is 79.9. The van der Waals surface area contributed by atoms with E-state index in [4.69, 9.17) is 0 Å². The summed E-state index contributed by atoms with van der Waals surface area (Å²) < 4.78 is 0. The van der Waals surface area contributed by atoms with Crippen molar-refractivity contribution >= 4 is 21.9 Å². The predicted molar refractivity (Wildman–Crippen MR) is 70.2 cm³/mol. The Balaban J connectivity index is 2.89. The standard InChI is InChI=1S/C11H19BrN4/c1-5-9-10(6-2)14-15-11(13-9)16(4)7-8(3)12/h8H,5-7H2,1-4H3. The molecule has 5 heteroatoms. The highest BCUT2D eigenvalue weighted by Crippen LogP contribution is 2.11. The van der Waals surface area contributed by atoms with E-state index in [0.717, 1.165) is 30.8 Å². The van der Waals surface area contributed by atoms with E-state index in [2.05, 4.69) is 51.9 Å². The lowest BCUT2D eigenvalue weighted by atomic mass is 10.2. The second-order valence-electron chi connectivity index (χ2n) is 3.87. The zero-order valence-corrected chi connectivity index (χ0v) is 12.0. The Labute approximate surface area is 106 Å². The number of anilines is 1. The normalized spacial score (nSPS) is 12.6. The third-order valence-electron chi connectivity index (χ3n) is 2.36. The van der Waals surface area contributed by atoms with Crippen LogP contribution in [-0.2, 0) is 12.8 Å². The van der Waals surface area contributed by atoms with Crippen molar-refractivity contribution in [2.75, 3.05) is 18.5 Å². The minimum atomic E-state index is 0.414. The molecule has 0 aliphatic heterocycles. The second-order valence-corrected chi connectivity index (χ2v) is 5.44. The Morgan fingerprint density at radius 3 is 2.31 bits per heavy atom. The van der Waals surface area contributed by atoms with Crippen LogP contribution in [0.15, 0.2) is 0 Å². The van der Waals surface area contributed by atoms with Gasteiger partial charge in [0.2, 0.25) is 5.95 Å². The van der Waals surface area contributed by atoms with Crippen LogP contribution in [-0.4, -0.2) is 33.6 Å². The van der Waals surface area contributed by atoms with Crippen molar-refractivity contribution in [2.45, 2.75) is 38.4 Å². The SMILES string of the molecule is CCc1nnc(N(C)CC(C)Br)nc1CC. The lowest BCUT2D eigenvalue weighted by molar-refractivity contribution is 0.766. The summed E-state index contributed by atoms with van der Waals surface area (Å²) in [5.41, 5.74) is 2.06. The van der Waals surface area contributed by atoms with Crippen molar-refractivity contribution < 1.29 is 0 Å². The molecule has 0 N–H and O–H groups in total. The fourth-order valence-corrected chi connectivity index (χ4v) is 1.98. The molecule has 1 aromatic rings. The van der Waals surface area contributed by atoms with Crippen LogP contribution in [0.4, 0.5) is 5.95 Å². The van der Waals surface area contributed by atoms with Crippen LogP contribution in [0.25, 0.3) is 0 Å². The van der Waals surface area contributed by atoms with Crippen molar-refractivity contribution in [3.05, 3.63) is 11.4 Å². The summed E-state index contributed by atoms with van der Waals surface area (Å²) in [6.45, 7) is 7.15. The van der Waals surface area contributed by atoms with Crippen LogP contribution >= 0.6 is 15.9 Å². The van der Waals surface area contributed by atoms with Gasteiger partial charge in [-0.25, -0.2) is 4.98 Å². The van der Waals surface area contributed by atoms with E-state index < -0.39 is 0 Å². The third kappa shape index (κ3) is 3.40. The number of halogens is 1. The fraction of sp³-hybridized carbons (Fsp3) is 0.727. The Morgan fingerprint density at radius 2 is 1.81 bits per heavy atom. The molecule has 0 saturated carbocycles. The molecule has 1 heterocycles. The monoisotopic (exact) mass is 286 g/mol. The molecule has 4 nitrogen and oxygen atoms in total. The van der Waals surface area contributed by atoms with Gasteiger partial charge in [0.15, 0.2) is 0 Å². The lowest BCUT2D eigenvalue weighted by Gasteiger charge is -2.18. The van der Waals surface area contributed by atoms with Crippen LogP contribution in [0, 0.1) is 0 Å². The molecule has 0 spiro atoms. The van der Waals surface area contributed by atoms with Gasteiger partial charge in [-0.1, -0.05) is 36.7 Å². The second kappa shape index (κ2) is 6.13. The van der Waals surface area contributed by atoms with Crippen LogP contribution in [0.3, 0.4) is 0 Å². The molecule has 0 radical (unpaired) electrons. The summed E-state index contributed by atoms with van der Waals surface area (Å²) in [4.78, 5) is 6.98. The molecule has 1 atom stereocenters. The zero-order valence-electron chi connectivity index (χ0n) is 10.4. The van der Waals surface area contributed by atoms with Crippen LogP contribution in [0.1, 0.15) is 32.2 Å². The Bertz CT molecular complexity index is 341. The number of hydrogen-bond donors (Lipinski definition) is 0. The van der Waals surface area contributed by atoms with Gasteiger partial charge in [-0.15, -0.1) is 5.10 Å². The van der Waals surface area contributed by atoms with Gasteiger partial charge in [0.25, 0.3) is 0 Å². The summed E-state index contributed by atoms with van der Waals surface area (Å²) in [7, 11) is 1.99. The number of aryl methyl sites for hydroxylation is 2. The highest BCUT2D eigenvalue weighted by molar-refractivity contribution is 9.09. The van der Waals surface area contributed by atoms with Gasteiger partial charge in [-0.3, -0.25) is 0 Å². The summed E-state index contributed by atoms with van der Waals surface area (Å²) >= 11 is 3.52. The van der Waals surface area contributed by atoms with Gasteiger partial charge in [-0.05, 0) is 12.8 Å². The average molecular weight is 287 g/mol. The van der Waals surface area contributed by atoms with Crippen LogP contribution in [0.2, 0.25) is 0 Å². The minimum Gasteiger partial charge on any atom is -0.341 e. The van der Waals surface area contributed by atoms with Gasteiger partial charge in [0, 0.05) is 18.4 Å². The van der Waals surface area contributed by atoms with Gasteiger partial charge in [-0.2, -0.15) is 5.10 Å². The Morgan fingerprint density at radius 1 is 1.19 bits per heavy atom. The van der Waals surface area contributed by atoms with Gasteiger partial charge in [0.1, 0.15) is 0 Å². The number of alkyl halides is 1. The molecule has 90 valence electrons. The molecular weight excluding hydrogens is 268 g/mol. The lowest BCUT2D eigenvalue weighted by Crippen LogP contribution is -2.26. The zero-order chi connectivity index (χ0) is 12.1. The van der Waals surface area contributed by atoms with Crippen LogP contribution in [0.5, 0.6) is 0 Å². The summed E-state index contributed by atoms with van der Waals surface area (Å²) in [5.74, 6) is 0.709. The predicted octanol–water partition coefficient (Wildman–Crippen LogP) is 2.22. The van der Waals surface area contributed by atoms with E-state index in [1.807, 2.05) is 11.9 Å². The van der Waals surface area contributed by atoms with E-state index in [9.17, 15) is 0 Å². The third-order valence-corrected chi connectivity index (χ3v) is 2.65. The van der Waals surface area contributed by atoms with Crippen molar-refractivity contribution in [3.63, 3.8) is 0 Å².